The zero-order valence-electron chi connectivity index (χ0n) is 12.1. The third kappa shape index (κ3) is 2.76. The minimum absolute atomic E-state index is 0.458. The van der Waals surface area contributed by atoms with E-state index < -0.39 is 0 Å². The lowest BCUT2D eigenvalue weighted by molar-refractivity contribution is 0.541. The molecule has 1 aromatic heterocycles. The Morgan fingerprint density at radius 1 is 1.42 bits per heavy atom. The highest BCUT2D eigenvalue weighted by atomic mass is 32.1. The summed E-state index contributed by atoms with van der Waals surface area (Å²) < 4.78 is 1.94. The summed E-state index contributed by atoms with van der Waals surface area (Å²) in [6, 6.07) is 0.574. The summed E-state index contributed by atoms with van der Waals surface area (Å²) >= 11 is 5.23. The van der Waals surface area contributed by atoms with Crippen molar-refractivity contribution in [2.24, 2.45) is 12.8 Å². The summed E-state index contributed by atoms with van der Waals surface area (Å²) in [5, 5.41) is 4.51. The molecule has 0 aliphatic carbocycles. The van der Waals surface area contributed by atoms with Crippen molar-refractivity contribution in [1.82, 2.24) is 9.78 Å². The second kappa shape index (κ2) is 5.90. The molecule has 1 atom stereocenters. The maximum atomic E-state index is 5.91. The number of nitrogens with zero attached hydrogens (tertiary/aromatic N) is 3. The van der Waals surface area contributed by atoms with Gasteiger partial charge in [-0.25, -0.2) is 0 Å². The van der Waals surface area contributed by atoms with Crippen LogP contribution in [-0.4, -0.2) is 27.4 Å². The summed E-state index contributed by atoms with van der Waals surface area (Å²) in [6.45, 7) is 5.32. The third-order valence-corrected chi connectivity index (χ3v) is 4.26. The summed E-state index contributed by atoms with van der Waals surface area (Å²) in [5.74, 6) is 1.11. The number of nitrogens with two attached hydrogens (primary N) is 1. The van der Waals surface area contributed by atoms with E-state index >= 15 is 0 Å². The topological polar surface area (TPSA) is 47.1 Å². The standard InChI is InChI=1S/C14H24N4S/c1-4-11-8-6-5-7-9-18(11)14-12(13(15)19)10(2)16-17(14)3/h11H,4-9H2,1-3H3,(H2,15,19). The molecular formula is C14H24N4S. The molecule has 1 aliphatic heterocycles. The average Bonchev–Trinajstić information content (AvgIpc) is 2.53. The SMILES string of the molecule is CCC1CCCCCN1c1c(C(N)=S)c(C)nn1C. The van der Waals surface area contributed by atoms with Crippen molar-refractivity contribution in [3.63, 3.8) is 0 Å². The number of aromatic nitrogens is 2. The highest BCUT2D eigenvalue weighted by Gasteiger charge is 2.27. The lowest BCUT2D eigenvalue weighted by Gasteiger charge is -2.32. The number of anilines is 1. The van der Waals surface area contributed by atoms with Crippen LogP contribution in [0.3, 0.4) is 0 Å². The van der Waals surface area contributed by atoms with Crippen LogP contribution in [0.25, 0.3) is 0 Å². The van der Waals surface area contributed by atoms with Gasteiger partial charge in [0.15, 0.2) is 0 Å². The van der Waals surface area contributed by atoms with Crippen LogP contribution in [0, 0.1) is 6.92 Å². The first-order valence-electron chi connectivity index (χ1n) is 7.16. The van der Waals surface area contributed by atoms with Crippen molar-refractivity contribution < 1.29 is 0 Å². The Bertz CT molecular complexity index is 466. The average molecular weight is 280 g/mol. The van der Waals surface area contributed by atoms with Gasteiger partial charge in [-0.05, 0) is 26.2 Å². The summed E-state index contributed by atoms with van der Waals surface area (Å²) in [5.41, 5.74) is 7.80. The van der Waals surface area contributed by atoms with Gasteiger partial charge in [0.05, 0.1) is 11.3 Å². The van der Waals surface area contributed by atoms with Crippen LogP contribution in [0.4, 0.5) is 5.82 Å². The number of aryl methyl sites for hydroxylation is 2. The van der Waals surface area contributed by atoms with E-state index in [9.17, 15) is 0 Å². The molecule has 0 aromatic carbocycles. The van der Waals surface area contributed by atoms with Crippen molar-refractivity contribution in [1.29, 1.82) is 0 Å². The zero-order valence-corrected chi connectivity index (χ0v) is 13.0. The molecule has 2 rings (SSSR count). The fourth-order valence-electron chi connectivity index (χ4n) is 3.14. The van der Waals surface area contributed by atoms with Gasteiger partial charge < -0.3 is 10.6 Å². The Morgan fingerprint density at radius 2 is 2.16 bits per heavy atom. The first-order valence-corrected chi connectivity index (χ1v) is 7.57. The van der Waals surface area contributed by atoms with E-state index in [-0.39, 0.29) is 0 Å². The molecule has 0 amide bonds. The molecule has 1 saturated heterocycles. The molecule has 1 fully saturated rings. The maximum absolute atomic E-state index is 5.91. The highest BCUT2D eigenvalue weighted by Crippen LogP contribution is 2.30. The molecule has 4 nitrogen and oxygen atoms in total. The summed E-state index contributed by atoms with van der Waals surface area (Å²) in [6.07, 6.45) is 6.26. The Hall–Kier alpha value is -1.10. The molecule has 1 aromatic rings. The zero-order chi connectivity index (χ0) is 14.0. The molecule has 5 heteroatoms. The first kappa shape index (κ1) is 14.3. The molecule has 1 unspecified atom stereocenters. The molecule has 2 heterocycles. The molecule has 1 aliphatic rings. The molecule has 0 radical (unpaired) electrons. The number of thiocarbonyl (C=S) groups is 1. The van der Waals surface area contributed by atoms with E-state index in [1.807, 2.05) is 18.7 Å². The number of rotatable bonds is 3. The van der Waals surface area contributed by atoms with E-state index in [0.29, 0.717) is 11.0 Å². The lowest BCUT2D eigenvalue weighted by atomic mass is 10.1. The second-order valence-electron chi connectivity index (χ2n) is 5.38. The van der Waals surface area contributed by atoms with Crippen molar-refractivity contribution in [2.75, 3.05) is 11.4 Å². The number of hydrogen-bond acceptors (Lipinski definition) is 3. The van der Waals surface area contributed by atoms with Crippen LogP contribution in [0.2, 0.25) is 0 Å². The van der Waals surface area contributed by atoms with Crippen LogP contribution in [0.15, 0.2) is 0 Å². The second-order valence-corrected chi connectivity index (χ2v) is 5.82. The van der Waals surface area contributed by atoms with Gasteiger partial charge >= 0.3 is 0 Å². The van der Waals surface area contributed by atoms with Gasteiger partial charge in [0, 0.05) is 19.6 Å². The van der Waals surface area contributed by atoms with Crippen LogP contribution < -0.4 is 10.6 Å². The molecule has 19 heavy (non-hydrogen) atoms. The Balaban J connectivity index is 2.46. The Morgan fingerprint density at radius 3 is 2.79 bits per heavy atom. The molecule has 0 spiro atoms. The van der Waals surface area contributed by atoms with Crippen LogP contribution >= 0.6 is 12.2 Å². The predicted molar refractivity (Wildman–Crippen MR) is 83.7 cm³/mol. The fourth-order valence-corrected chi connectivity index (χ4v) is 3.38. The van der Waals surface area contributed by atoms with E-state index in [2.05, 4.69) is 16.9 Å². The van der Waals surface area contributed by atoms with E-state index in [1.54, 1.807) is 0 Å². The van der Waals surface area contributed by atoms with Crippen molar-refractivity contribution in [3.8, 4) is 0 Å². The molecule has 0 bridgehead atoms. The monoisotopic (exact) mass is 280 g/mol. The minimum Gasteiger partial charge on any atom is -0.389 e. The third-order valence-electron chi connectivity index (χ3n) is 4.06. The van der Waals surface area contributed by atoms with Crippen LogP contribution in [-0.2, 0) is 7.05 Å². The quantitative estimate of drug-likeness (QED) is 0.864. The number of hydrogen-bond donors (Lipinski definition) is 1. The highest BCUT2D eigenvalue weighted by molar-refractivity contribution is 7.80. The normalized spacial score (nSPS) is 20.4. The Labute approximate surface area is 121 Å². The minimum atomic E-state index is 0.458. The maximum Gasteiger partial charge on any atom is 0.137 e. The Kier molecular flexibility index (Phi) is 4.45. The largest absolute Gasteiger partial charge is 0.389 e. The predicted octanol–water partition coefficient (Wildman–Crippen LogP) is 2.52. The van der Waals surface area contributed by atoms with Gasteiger partial charge in [-0.1, -0.05) is 32.0 Å². The van der Waals surface area contributed by atoms with Gasteiger partial charge in [-0.3, -0.25) is 4.68 Å². The van der Waals surface area contributed by atoms with E-state index in [4.69, 9.17) is 18.0 Å². The molecule has 0 saturated carbocycles. The summed E-state index contributed by atoms with van der Waals surface area (Å²) in [4.78, 5) is 2.93. The molecular weight excluding hydrogens is 256 g/mol. The van der Waals surface area contributed by atoms with Crippen LogP contribution in [0.5, 0.6) is 0 Å². The first-order chi connectivity index (χ1) is 9.06. The van der Waals surface area contributed by atoms with Gasteiger partial charge in [0.25, 0.3) is 0 Å². The van der Waals surface area contributed by atoms with Crippen LogP contribution in [0.1, 0.15) is 50.3 Å². The lowest BCUT2D eigenvalue weighted by Crippen LogP contribution is -2.37. The van der Waals surface area contributed by atoms with Crippen molar-refractivity contribution in [3.05, 3.63) is 11.3 Å². The fraction of sp³-hybridized carbons (Fsp3) is 0.714. The van der Waals surface area contributed by atoms with E-state index in [0.717, 1.165) is 30.0 Å². The van der Waals surface area contributed by atoms with Gasteiger partial charge in [-0.2, -0.15) is 5.10 Å². The molecule has 106 valence electrons. The van der Waals surface area contributed by atoms with Crippen molar-refractivity contribution >= 4 is 23.0 Å². The van der Waals surface area contributed by atoms with Gasteiger partial charge in [0.1, 0.15) is 10.8 Å². The van der Waals surface area contributed by atoms with Crippen molar-refractivity contribution in [2.45, 2.75) is 52.0 Å². The smallest absolute Gasteiger partial charge is 0.137 e. The van der Waals surface area contributed by atoms with Gasteiger partial charge in [0.2, 0.25) is 0 Å². The summed E-state index contributed by atoms with van der Waals surface area (Å²) in [7, 11) is 1.99. The molecule has 2 N–H and O–H groups in total. The van der Waals surface area contributed by atoms with E-state index in [1.165, 1.54) is 25.7 Å². The van der Waals surface area contributed by atoms with Gasteiger partial charge in [-0.15, -0.1) is 0 Å².